The summed E-state index contributed by atoms with van der Waals surface area (Å²) < 4.78 is 0.896. The highest BCUT2D eigenvalue weighted by molar-refractivity contribution is 9.10. The molecule has 0 radical (unpaired) electrons. The number of carbonyl (C=O) groups excluding carboxylic acids is 1. The lowest BCUT2D eigenvalue weighted by molar-refractivity contribution is 0.0993. The van der Waals surface area contributed by atoms with Gasteiger partial charge in [0.2, 0.25) is 0 Å². The normalized spacial score (nSPS) is 10.5. The Kier molecular flexibility index (Phi) is 4.67. The van der Waals surface area contributed by atoms with Gasteiger partial charge >= 0.3 is 0 Å². The van der Waals surface area contributed by atoms with Crippen molar-refractivity contribution >= 4 is 44.9 Å². The van der Waals surface area contributed by atoms with E-state index in [0.29, 0.717) is 15.6 Å². The molecule has 2 aromatic rings. The van der Waals surface area contributed by atoms with E-state index in [0.717, 1.165) is 15.6 Å². The van der Waals surface area contributed by atoms with Crippen LogP contribution in [-0.2, 0) is 6.42 Å². The molecule has 0 atom stereocenters. The van der Waals surface area contributed by atoms with E-state index in [1.165, 1.54) is 0 Å². The molecule has 0 spiro atoms. The Balaban J connectivity index is 2.28. The van der Waals surface area contributed by atoms with Crippen LogP contribution in [0.3, 0.4) is 0 Å². The minimum atomic E-state index is 0.0218. The van der Waals surface area contributed by atoms with Gasteiger partial charge in [0.1, 0.15) is 0 Å². The summed E-state index contributed by atoms with van der Waals surface area (Å²) >= 11 is 15.4. The summed E-state index contributed by atoms with van der Waals surface area (Å²) in [5, 5.41) is 0.918. The summed E-state index contributed by atoms with van der Waals surface area (Å²) in [7, 11) is 0. The van der Waals surface area contributed by atoms with Crippen LogP contribution >= 0.6 is 39.1 Å². The number of rotatable bonds is 3. The van der Waals surface area contributed by atoms with Crippen molar-refractivity contribution in [2.24, 2.45) is 0 Å². The molecule has 0 fully saturated rings. The van der Waals surface area contributed by atoms with Crippen molar-refractivity contribution in [1.82, 2.24) is 0 Å². The van der Waals surface area contributed by atoms with Crippen LogP contribution in [-0.4, -0.2) is 5.78 Å². The number of benzene rings is 2. The highest BCUT2D eigenvalue weighted by atomic mass is 79.9. The maximum Gasteiger partial charge on any atom is 0.167 e. The zero-order valence-electron chi connectivity index (χ0n) is 10.2. The third-order valence-corrected chi connectivity index (χ3v) is 4.06. The van der Waals surface area contributed by atoms with Crippen LogP contribution in [0.15, 0.2) is 40.9 Å². The summed E-state index contributed by atoms with van der Waals surface area (Å²) in [5.41, 5.74) is 2.45. The molecule has 0 N–H and O–H groups in total. The van der Waals surface area contributed by atoms with Crippen LogP contribution in [0.2, 0.25) is 10.0 Å². The minimum Gasteiger partial charge on any atom is -0.294 e. The van der Waals surface area contributed by atoms with Gasteiger partial charge in [0.15, 0.2) is 5.78 Å². The zero-order valence-corrected chi connectivity index (χ0v) is 13.3. The summed E-state index contributed by atoms with van der Waals surface area (Å²) in [6, 6.07) is 11.0. The standard InChI is InChI=1S/C15H11BrCl2O/c1-9-5-11(7-12(16)6-9)14(19)8-10-3-2-4-13(17)15(10)18/h2-7H,8H2,1H3. The van der Waals surface area contributed by atoms with Crippen LogP contribution in [0.1, 0.15) is 21.5 Å². The largest absolute Gasteiger partial charge is 0.294 e. The third kappa shape index (κ3) is 3.59. The van der Waals surface area contributed by atoms with E-state index in [-0.39, 0.29) is 12.2 Å². The van der Waals surface area contributed by atoms with Gasteiger partial charge in [-0.3, -0.25) is 4.79 Å². The fraction of sp³-hybridized carbons (Fsp3) is 0.133. The molecule has 2 rings (SSSR count). The summed E-state index contributed by atoms with van der Waals surface area (Å²) in [6.07, 6.45) is 0.245. The number of aryl methyl sites for hydroxylation is 1. The summed E-state index contributed by atoms with van der Waals surface area (Å²) in [5.74, 6) is 0.0218. The molecule has 0 aliphatic rings. The molecule has 4 heteroatoms. The molecule has 0 amide bonds. The fourth-order valence-electron chi connectivity index (χ4n) is 1.86. The van der Waals surface area contributed by atoms with E-state index in [1.807, 2.05) is 31.2 Å². The van der Waals surface area contributed by atoms with Gasteiger partial charge in [0.05, 0.1) is 10.0 Å². The van der Waals surface area contributed by atoms with E-state index in [2.05, 4.69) is 15.9 Å². The van der Waals surface area contributed by atoms with Gasteiger partial charge in [-0.1, -0.05) is 51.3 Å². The van der Waals surface area contributed by atoms with Crippen molar-refractivity contribution in [3.8, 4) is 0 Å². The van der Waals surface area contributed by atoms with Gasteiger partial charge in [0, 0.05) is 16.5 Å². The van der Waals surface area contributed by atoms with E-state index in [4.69, 9.17) is 23.2 Å². The molecular weight excluding hydrogens is 347 g/mol. The first-order valence-corrected chi connectivity index (χ1v) is 7.25. The topological polar surface area (TPSA) is 17.1 Å². The van der Waals surface area contributed by atoms with Crippen molar-refractivity contribution in [2.45, 2.75) is 13.3 Å². The first-order valence-electron chi connectivity index (χ1n) is 5.70. The second kappa shape index (κ2) is 6.08. The van der Waals surface area contributed by atoms with E-state index >= 15 is 0 Å². The molecule has 0 bridgehead atoms. The second-order valence-corrected chi connectivity index (χ2v) is 6.03. The molecule has 19 heavy (non-hydrogen) atoms. The Hall–Kier alpha value is -0.830. The smallest absolute Gasteiger partial charge is 0.167 e. The Morgan fingerprint density at radius 3 is 2.63 bits per heavy atom. The van der Waals surface area contributed by atoms with Crippen LogP contribution in [0.4, 0.5) is 0 Å². The van der Waals surface area contributed by atoms with Crippen molar-refractivity contribution in [1.29, 1.82) is 0 Å². The van der Waals surface area contributed by atoms with Gasteiger partial charge in [-0.05, 0) is 42.3 Å². The molecule has 0 aromatic heterocycles. The lowest BCUT2D eigenvalue weighted by Gasteiger charge is -2.06. The second-order valence-electron chi connectivity index (χ2n) is 4.33. The average molecular weight is 358 g/mol. The van der Waals surface area contributed by atoms with E-state index < -0.39 is 0 Å². The molecule has 0 aliphatic heterocycles. The van der Waals surface area contributed by atoms with Crippen molar-refractivity contribution < 1.29 is 4.79 Å². The van der Waals surface area contributed by atoms with Crippen molar-refractivity contribution in [3.63, 3.8) is 0 Å². The van der Waals surface area contributed by atoms with Gasteiger partial charge in [-0.25, -0.2) is 0 Å². The average Bonchev–Trinajstić information content (AvgIpc) is 2.33. The molecule has 1 nitrogen and oxygen atoms in total. The molecule has 0 heterocycles. The first kappa shape index (κ1) is 14.6. The van der Waals surface area contributed by atoms with E-state index in [1.54, 1.807) is 12.1 Å². The SMILES string of the molecule is Cc1cc(Br)cc(C(=O)Cc2cccc(Cl)c2Cl)c1. The highest BCUT2D eigenvalue weighted by Gasteiger charge is 2.12. The number of carbonyl (C=O) groups is 1. The Bertz CT molecular complexity index is 618. The number of ketones is 1. The fourth-order valence-corrected chi connectivity index (χ4v) is 2.85. The Morgan fingerprint density at radius 1 is 1.21 bits per heavy atom. The Morgan fingerprint density at radius 2 is 1.95 bits per heavy atom. The van der Waals surface area contributed by atoms with Crippen LogP contribution in [0.25, 0.3) is 0 Å². The zero-order chi connectivity index (χ0) is 14.0. The van der Waals surface area contributed by atoms with E-state index in [9.17, 15) is 4.79 Å². The quantitative estimate of drug-likeness (QED) is 0.664. The highest BCUT2D eigenvalue weighted by Crippen LogP contribution is 2.27. The summed E-state index contributed by atoms with van der Waals surface area (Å²) in [4.78, 5) is 12.3. The predicted octanol–water partition coefficient (Wildman–Crippen LogP) is 5.49. The maximum absolute atomic E-state index is 12.3. The molecule has 2 aromatic carbocycles. The van der Waals surface area contributed by atoms with Crippen LogP contribution < -0.4 is 0 Å². The van der Waals surface area contributed by atoms with Gasteiger partial charge in [-0.15, -0.1) is 0 Å². The van der Waals surface area contributed by atoms with Crippen molar-refractivity contribution in [3.05, 3.63) is 67.6 Å². The molecule has 0 unspecified atom stereocenters. The molecule has 0 saturated carbocycles. The predicted molar refractivity (Wildman–Crippen MR) is 83.4 cm³/mol. The van der Waals surface area contributed by atoms with Gasteiger partial charge in [-0.2, -0.15) is 0 Å². The number of hydrogen-bond acceptors (Lipinski definition) is 1. The van der Waals surface area contributed by atoms with Gasteiger partial charge < -0.3 is 0 Å². The number of Topliss-reactive ketones (excluding diaryl/α,β-unsaturated/α-hetero) is 1. The number of hydrogen-bond donors (Lipinski definition) is 0. The lowest BCUT2D eigenvalue weighted by Crippen LogP contribution is -2.04. The monoisotopic (exact) mass is 356 g/mol. The molecular formula is C15H11BrCl2O. The van der Waals surface area contributed by atoms with Gasteiger partial charge in [0.25, 0.3) is 0 Å². The molecule has 0 saturated heterocycles. The first-order chi connectivity index (χ1) is 8.97. The third-order valence-electron chi connectivity index (χ3n) is 2.75. The van der Waals surface area contributed by atoms with Crippen LogP contribution in [0, 0.1) is 6.92 Å². The minimum absolute atomic E-state index is 0.0218. The molecule has 0 aliphatic carbocycles. The summed E-state index contributed by atoms with van der Waals surface area (Å²) in [6.45, 7) is 1.95. The lowest BCUT2D eigenvalue weighted by atomic mass is 10.0. The molecule has 98 valence electrons. The number of halogens is 3. The van der Waals surface area contributed by atoms with Crippen molar-refractivity contribution in [2.75, 3.05) is 0 Å². The maximum atomic E-state index is 12.3. The Labute approximate surface area is 130 Å². The van der Waals surface area contributed by atoms with Crippen LogP contribution in [0.5, 0.6) is 0 Å².